The standard InChI is InChI=1S/C23H26N4O3S/c1-5-7-20(28)24-18-10-8-17(9-11-18)21(29)16(4)31-23-26-25-22(27(23)13-6-2)19-12-14-30-15(19)3/h6,8-12,14,16H,2,5,7,13H2,1,3-4H3,(H,24,28). The molecular formula is C23H26N4O3S. The number of allylic oxidation sites excluding steroid dienone is 1. The number of ketones is 1. The van der Waals surface area contributed by atoms with E-state index >= 15 is 0 Å². The fourth-order valence-electron chi connectivity index (χ4n) is 3.10. The van der Waals surface area contributed by atoms with Crippen LogP contribution in [0.5, 0.6) is 0 Å². The summed E-state index contributed by atoms with van der Waals surface area (Å²) < 4.78 is 7.31. The number of hydrogen-bond acceptors (Lipinski definition) is 6. The Balaban J connectivity index is 1.74. The zero-order valence-corrected chi connectivity index (χ0v) is 18.7. The molecule has 0 saturated carbocycles. The third-order valence-corrected chi connectivity index (χ3v) is 5.79. The lowest BCUT2D eigenvalue weighted by molar-refractivity contribution is -0.116. The summed E-state index contributed by atoms with van der Waals surface area (Å²) >= 11 is 1.35. The molecule has 8 heteroatoms. The number of amides is 1. The number of benzene rings is 1. The van der Waals surface area contributed by atoms with Crippen LogP contribution < -0.4 is 5.32 Å². The number of anilines is 1. The molecule has 1 atom stereocenters. The summed E-state index contributed by atoms with van der Waals surface area (Å²) in [6.07, 6.45) is 4.64. The van der Waals surface area contributed by atoms with Gasteiger partial charge >= 0.3 is 0 Å². The Morgan fingerprint density at radius 3 is 2.61 bits per heavy atom. The Bertz CT molecular complexity index is 1070. The lowest BCUT2D eigenvalue weighted by atomic mass is 10.1. The van der Waals surface area contributed by atoms with Crippen molar-refractivity contribution in [2.45, 2.75) is 50.6 Å². The van der Waals surface area contributed by atoms with E-state index in [-0.39, 0.29) is 16.9 Å². The fourth-order valence-corrected chi connectivity index (χ4v) is 4.04. The number of furan rings is 1. The molecule has 162 valence electrons. The van der Waals surface area contributed by atoms with Crippen molar-refractivity contribution >= 4 is 29.1 Å². The van der Waals surface area contributed by atoms with Gasteiger partial charge in [-0.05, 0) is 50.6 Å². The van der Waals surface area contributed by atoms with E-state index in [1.807, 2.05) is 31.4 Å². The highest BCUT2D eigenvalue weighted by Crippen LogP contribution is 2.30. The van der Waals surface area contributed by atoms with Gasteiger partial charge in [-0.15, -0.1) is 16.8 Å². The zero-order valence-electron chi connectivity index (χ0n) is 17.9. The van der Waals surface area contributed by atoms with Gasteiger partial charge in [0, 0.05) is 24.2 Å². The molecule has 1 unspecified atom stereocenters. The number of aryl methyl sites for hydroxylation is 1. The molecule has 3 aromatic rings. The molecule has 2 heterocycles. The molecule has 7 nitrogen and oxygen atoms in total. The van der Waals surface area contributed by atoms with Crippen LogP contribution in [0, 0.1) is 6.92 Å². The van der Waals surface area contributed by atoms with Gasteiger partial charge in [0.15, 0.2) is 16.8 Å². The van der Waals surface area contributed by atoms with Gasteiger partial charge in [-0.25, -0.2) is 0 Å². The van der Waals surface area contributed by atoms with Gasteiger partial charge in [-0.3, -0.25) is 14.2 Å². The predicted molar refractivity (Wildman–Crippen MR) is 122 cm³/mol. The van der Waals surface area contributed by atoms with E-state index in [2.05, 4.69) is 22.1 Å². The largest absolute Gasteiger partial charge is 0.469 e. The fraction of sp³-hybridized carbons (Fsp3) is 0.304. The molecule has 31 heavy (non-hydrogen) atoms. The van der Waals surface area contributed by atoms with E-state index in [9.17, 15) is 9.59 Å². The number of nitrogens with zero attached hydrogens (tertiary/aromatic N) is 3. The van der Waals surface area contributed by atoms with Crippen LogP contribution in [0.25, 0.3) is 11.4 Å². The quantitative estimate of drug-likeness (QED) is 0.268. The number of aromatic nitrogens is 3. The van der Waals surface area contributed by atoms with Crippen molar-refractivity contribution in [2.24, 2.45) is 0 Å². The van der Waals surface area contributed by atoms with E-state index in [4.69, 9.17) is 4.42 Å². The molecule has 1 aromatic carbocycles. The second kappa shape index (κ2) is 10.3. The molecule has 3 rings (SSSR count). The highest BCUT2D eigenvalue weighted by atomic mass is 32.2. The van der Waals surface area contributed by atoms with Gasteiger partial charge in [-0.1, -0.05) is 24.8 Å². The summed E-state index contributed by atoms with van der Waals surface area (Å²) in [4.78, 5) is 24.7. The Kier molecular flexibility index (Phi) is 7.46. The van der Waals surface area contributed by atoms with Crippen LogP contribution in [-0.2, 0) is 11.3 Å². The molecule has 2 aromatic heterocycles. The molecule has 0 spiro atoms. The number of carbonyl (C=O) groups excluding carboxylic acids is 2. The number of nitrogens with one attached hydrogen (secondary N) is 1. The van der Waals surface area contributed by atoms with Crippen molar-refractivity contribution in [3.63, 3.8) is 0 Å². The average molecular weight is 439 g/mol. The Hall–Kier alpha value is -3.13. The SMILES string of the molecule is C=CCn1c(SC(C)C(=O)c2ccc(NC(=O)CCC)cc2)nnc1-c1ccoc1C. The highest BCUT2D eigenvalue weighted by Gasteiger charge is 2.22. The molecule has 0 fully saturated rings. The first-order valence-electron chi connectivity index (χ1n) is 10.1. The van der Waals surface area contributed by atoms with Crippen LogP contribution in [0.2, 0.25) is 0 Å². The van der Waals surface area contributed by atoms with E-state index < -0.39 is 0 Å². The number of thioether (sulfide) groups is 1. The maximum Gasteiger partial charge on any atom is 0.224 e. The topological polar surface area (TPSA) is 90.0 Å². The van der Waals surface area contributed by atoms with Gasteiger partial charge in [0.1, 0.15) is 5.76 Å². The third kappa shape index (κ3) is 5.32. The van der Waals surface area contributed by atoms with Crippen molar-refractivity contribution in [3.8, 4) is 11.4 Å². The third-order valence-electron chi connectivity index (χ3n) is 4.71. The van der Waals surface area contributed by atoms with Crippen molar-refractivity contribution in [2.75, 3.05) is 5.32 Å². The van der Waals surface area contributed by atoms with E-state index in [0.29, 0.717) is 35.2 Å². The van der Waals surface area contributed by atoms with Crippen LogP contribution >= 0.6 is 11.8 Å². The lowest BCUT2D eigenvalue weighted by Crippen LogP contribution is -2.15. The van der Waals surface area contributed by atoms with E-state index in [1.54, 1.807) is 36.6 Å². The molecule has 0 radical (unpaired) electrons. The predicted octanol–water partition coefficient (Wildman–Crippen LogP) is 5.13. The first-order valence-corrected chi connectivity index (χ1v) is 11.0. The van der Waals surface area contributed by atoms with Crippen LogP contribution in [0.3, 0.4) is 0 Å². The monoisotopic (exact) mass is 438 g/mol. The van der Waals surface area contributed by atoms with Gasteiger partial charge < -0.3 is 9.73 Å². The minimum atomic E-state index is -0.369. The number of carbonyl (C=O) groups is 2. The lowest BCUT2D eigenvalue weighted by Gasteiger charge is -2.12. The summed E-state index contributed by atoms with van der Waals surface area (Å²) in [6.45, 7) is 10.0. The number of hydrogen-bond donors (Lipinski definition) is 1. The molecule has 0 saturated heterocycles. The summed E-state index contributed by atoms with van der Waals surface area (Å²) in [5.41, 5.74) is 2.12. The number of Topliss-reactive ketones (excluding diaryl/α,β-unsaturated/α-hetero) is 1. The van der Waals surface area contributed by atoms with Gasteiger partial charge in [0.2, 0.25) is 5.91 Å². The maximum atomic E-state index is 12.9. The summed E-state index contributed by atoms with van der Waals surface area (Å²) in [6, 6.07) is 8.81. The molecular weight excluding hydrogens is 412 g/mol. The van der Waals surface area contributed by atoms with Crippen LogP contribution in [0.4, 0.5) is 5.69 Å². The van der Waals surface area contributed by atoms with Crippen LogP contribution in [0.15, 0.2) is 58.8 Å². The van der Waals surface area contributed by atoms with Gasteiger partial charge in [0.25, 0.3) is 0 Å². The molecule has 0 bridgehead atoms. The van der Waals surface area contributed by atoms with Crippen LogP contribution in [0.1, 0.15) is 42.8 Å². The summed E-state index contributed by atoms with van der Waals surface area (Å²) in [5.74, 6) is 1.38. The van der Waals surface area contributed by atoms with Crippen molar-refractivity contribution < 1.29 is 14.0 Å². The van der Waals surface area contributed by atoms with Crippen molar-refractivity contribution in [1.29, 1.82) is 0 Å². The zero-order chi connectivity index (χ0) is 22.4. The van der Waals surface area contributed by atoms with Gasteiger partial charge in [0.05, 0.1) is 17.1 Å². The van der Waals surface area contributed by atoms with Gasteiger partial charge in [-0.2, -0.15) is 0 Å². The minimum Gasteiger partial charge on any atom is -0.469 e. The molecule has 1 N–H and O–H groups in total. The van der Waals surface area contributed by atoms with Crippen molar-refractivity contribution in [3.05, 3.63) is 60.6 Å². The molecule has 0 aliphatic carbocycles. The second-order valence-electron chi connectivity index (χ2n) is 7.10. The minimum absolute atomic E-state index is 0.0226. The normalized spacial score (nSPS) is 11.8. The molecule has 0 aliphatic heterocycles. The Morgan fingerprint density at radius 1 is 1.26 bits per heavy atom. The average Bonchev–Trinajstić information content (AvgIpc) is 3.34. The molecule has 1 amide bonds. The van der Waals surface area contributed by atoms with Crippen LogP contribution in [-0.4, -0.2) is 31.7 Å². The first kappa shape index (κ1) is 22.6. The second-order valence-corrected chi connectivity index (χ2v) is 8.40. The molecule has 0 aliphatic rings. The summed E-state index contributed by atoms with van der Waals surface area (Å²) in [5, 5.41) is 11.7. The first-order chi connectivity index (χ1) is 14.9. The van der Waals surface area contributed by atoms with Crippen molar-refractivity contribution in [1.82, 2.24) is 14.8 Å². The Morgan fingerprint density at radius 2 is 2.00 bits per heavy atom. The Labute approximate surface area is 185 Å². The van der Waals surface area contributed by atoms with E-state index in [0.717, 1.165) is 17.7 Å². The maximum absolute atomic E-state index is 12.9. The smallest absolute Gasteiger partial charge is 0.224 e. The van der Waals surface area contributed by atoms with E-state index in [1.165, 1.54) is 11.8 Å². The summed E-state index contributed by atoms with van der Waals surface area (Å²) in [7, 11) is 0. The number of rotatable bonds is 10. The highest BCUT2D eigenvalue weighted by molar-refractivity contribution is 8.00.